The average molecular weight is 287 g/mol. The summed E-state index contributed by atoms with van der Waals surface area (Å²) in [6.45, 7) is 1.29. The molecule has 2 aliphatic heterocycles. The molecule has 0 N–H and O–H groups in total. The van der Waals surface area contributed by atoms with E-state index in [-0.39, 0.29) is 11.8 Å². The molecule has 21 heavy (non-hydrogen) atoms. The van der Waals surface area contributed by atoms with Crippen LogP contribution in [0.5, 0.6) is 11.6 Å². The Bertz CT molecular complexity index is 639. The molecule has 1 aromatic heterocycles. The molecule has 3 rings (SSSR count). The molecule has 3 heterocycles. The number of carbonyl (C=O) groups is 2. The standard InChI is InChI=1S/C14H13N3O4/c18-12-3-1-2-6-17(12)13(19)5-4-11-15-9-10-14(16-11)21-8-7-20-10/h1,3-5,9H,2,6-8H2. The van der Waals surface area contributed by atoms with Gasteiger partial charge in [0.25, 0.3) is 17.7 Å². The van der Waals surface area contributed by atoms with Crippen LogP contribution in [-0.2, 0) is 9.59 Å². The van der Waals surface area contributed by atoms with Gasteiger partial charge in [-0.3, -0.25) is 14.5 Å². The van der Waals surface area contributed by atoms with Crippen LogP contribution in [0.3, 0.4) is 0 Å². The van der Waals surface area contributed by atoms with Crippen LogP contribution in [0.25, 0.3) is 6.08 Å². The zero-order valence-electron chi connectivity index (χ0n) is 11.2. The third-order valence-electron chi connectivity index (χ3n) is 3.01. The van der Waals surface area contributed by atoms with Crippen LogP contribution < -0.4 is 9.47 Å². The van der Waals surface area contributed by atoms with E-state index < -0.39 is 0 Å². The van der Waals surface area contributed by atoms with E-state index in [1.54, 1.807) is 6.08 Å². The Balaban J connectivity index is 1.72. The van der Waals surface area contributed by atoms with Gasteiger partial charge >= 0.3 is 0 Å². The summed E-state index contributed by atoms with van der Waals surface area (Å²) >= 11 is 0. The highest BCUT2D eigenvalue weighted by molar-refractivity contribution is 6.06. The Morgan fingerprint density at radius 1 is 1.33 bits per heavy atom. The number of amides is 2. The van der Waals surface area contributed by atoms with Crippen molar-refractivity contribution in [2.75, 3.05) is 19.8 Å². The predicted octanol–water partition coefficient (Wildman–Crippen LogP) is 0.576. The topological polar surface area (TPSA) is 81.6 Å². The van der Waals surface area contributed by atoms with Crippen molar-refractivity contribution in [3.63, 3.8) is 0 Å². The largest absolute Gasteiger partial charge is 0.483 e. The Morgan fingerprint density at radius 2 is 2.19 bits per heavy atom. The minimum absolute atomic E-state index is 0.306. The zero-order valence-corrected chi connectivity index (χ0v) is 11.2. The number of carbonyl (C=O) groups excluding carboxylic acids is 2. The lowest BCUT2D eigenvalue weighted by Gasteiger charge is -2.19. The molecule has 7 heteroatoms. The van der Waals surface area contributed by atoms with Crippen LogP contribution in [-0.4, -0.2) is 46.4 Å². The predicted molar refractivity (Wildman–Crippen MR) is 72.5 cm³/mol. The van der Waals surface area contributed by atoms with Crippen LogP contribution in [0.1, 0.15) is 12.2 Å². The molecule has 0 saturated carbocycles. The van der Waals surface area contributed by atoms with E-state index in [4.69, 9.17) is 9.47 Å². The smallest absolute Gasteiger partial charge is 0.260 e. The van der Waals surface area contributed by atoms with Crippen LogP contribution >= 0.6 is 0 Å². The number of fused-ring (bicyclic) bond motifs is 1. The molecule has 2 aliphatic rings. The van der Waals surface area contributed by atoms with Gasteiger partial charge in [0.1, 0.15) is 13.2 Å². The van der Waals surface area contributed by atoms with Gasteiger partial charge in [-0.1, -0.05) is 6.08 Å². The number of nitrogens with zero attached hydrogens (tertiary/aromatic N) is 3. The quantitative estimate of drug-likeness (QED) is 0.740. The second kappa shape index (κ2) is 5.74. The van der Waals surface area contributed by atoms with E-state index in [9.17, 15) is 9.59 Å². The highest BCUT2D eigenvalue weighted by atomic mass is 16.6. The summed E-state index contributed by atoms with van der Waals surface area (Å²) < 4.78 is 10.6. The minimum atomic E-state index is -0.386. The summed E-state index contributed by atoms with van der Waals surface area (Å²) in [5.41, 5.74) is 0. The number of imide groups is 1. The highest BCUT2D eigenvalue weighted by Crippen LogP contribution is 2.26. The fourth-order valence-corrected chi connectivity index (χ4v) is 1.98. The lowest BCUT2D eigenvalue weighted by molar-refractivity contribution is -0.139. The van der Waals surface area contributed by atoms with E-state index in [0.29, 0.717) is 43.6 Å². The molecule has 0 aliphatic carbocycles. The highest BCUT2D eigenvalue weighted by Gasteiger charge is 2.19. The van der Waals surface area contributed by atoms with Gasteiger partial charge in [-0.15, -0.1) is 0 Å². The van der Waals surface area contributed by atoms with Crippen LogP contribution in [0, 0.1) is 0 Å². The summed E-state index contributed by atoms with van der Waals surface area (Å²) in [6, 6.07) is 0. The van der Waals surface area contributed by atoms with Gasteiger partial charge in [0.2, 0.25) is 0 Å². The number of ether oxygens (including phenoxy) is 2. The first-order valence-corrected chi connectivity index (χ1v) is 6.57. The monoisotopic (exact) mass is 287 g/mol. The first-order valence-electron chi connectivity index (χ1n) is 6.57. The van der Waals surface area contributed by atoms with Crippen molar-refractivity contribution >= 4 is 17.9 Å². The normalized spacial score (nSPS) is 17.3. The summed E-state index contributed by atoms with van der Waals surface area (Å²) in [5, 5.41) is 0. The second-order valence-electron chi connectivity index (χ2n) is 4.45. The van der Waals surface area contributed by atoms with E-state index >= 15 is 0 Å². The molecule has 0 spiro atoms. The third-order valence-corrected chi connectivity index (χ3v) is 3.01. The van der Waals surface area contributed by atoms with E-state index in [1.807, 2.05) is 0 Å². The van der Waals surface area contributed by atoms with Gasteiger partial charge in [-0.05, 0) is 18.6 Å². The third kappa shape index (κ3) is 2.91. The Morgan fingerprint density at radius 3 is 3.05 bits per heavy atom. The van der Waals surface area contributed by atoms with Crippen LogP contribution in [0.15, 0.2) is 24.4 Å². The van der Waals surface area contributed by atoms with E-state index in [0.717, 1.165) is 0 Å². The number of hydrogen-bond acceptors (Lipinski definition) is 6. The molecule has 0 saturated heterocycles. The Hall–Kier alpha value is -2.70. The molecule has 1 aromatic rings. The lowest BCUT2D eigenvalue weighted by Crippen LogP contribution is -2.37. The molecule has 0 bridgehead atoms. The fraction of sp³-hybridized carbons (Fsp3) is 0.286. The van der Waals surface area contributed by atoms with Gasteiger partial charge in [0.15, 0.2) is 11.6 Å². The molecule has 108 valence electrons. The van der Waals surface area contributed by atoms with Crippen LogP contribution in [0.2, 0.25) is 0 Å². The number of hydrogen-bond donors (Lipinski definition) is 0. The molecule has 0 atom stereocenters. The Kier molecular flexibility index (Phi) is 3.63. The van der Waals surface area contributed by atoms with E-state index in [2.05, 4.69) is 9.97 Å². The van der Waals surface area contributed by atoms with Gasteiger partial charge in [0.05, 0.1) is 6.20 Å². The van der Waals surface area contributed by atoms with Crippen molar-refractivity contribution in [1.29, 1.82) is 0 Å². The zero-order chi connectivity index (χ0) is 14.7. The average Bonchev–Trinajstić information content (AvgIpc) is 2.53. The maximum atomic E-state index is 11.9. The molecular formula is C14H13N3O4. The lowest BCUT2D eigenvalue weighted by atomic mass is 10.2. The van der Waals surface area contributed by atoms with Crippen LogP contribution in [0.4, 0.5) is 0 Å². The SMILES string of the molecule is O=C1C=CCCN1C(=O)C=Cc1ncc2c(n1)OCCO2. The summed E-state index contributed by atoms with van der Waals surface area (Å²) in [6.07, 6.45) is 8.05. The first kappa shape index (κ1) is 13.3. The second-order valence-corrected chi connectivity index (χ2v) is 4.45. The van der Waals surface area contributed by atoms with Crippen molar-refractivity contribution in [3.8, 4) is 11.6 Å². The fourth-order valence-electron chi connectivity index (χ4n) is 1.98. The minimum Gasteiger partial charge on any atom is -0.483 e. The van der Waals surface area contributed by atoms with E-state index in [1.165, 1.54) is 29.3 Å². The molecule has 7 nitrogen and oxygen atoms in total. The maximum absolute atomic E-state index is 11.9. The van der Waals surface area contributed by atoms with Crippen molar-refractivity contribution in [1.82, 2.24) is 14.9 Å². The van der Waals surface area contributed by atoms with Crippen molar-refractivity contribution in [2.45, 2.75) is 6.42 Å². The number of aromatic nitrogens is 2. The molecule has 0 radical (unpaired) electrons. The van der Waals surface area contributed by atoms with Crippen molar-refractivity contribution in [2.24, 2.45) is 0 Å². The van der Waals surface area contributed by atoms with Gasteiger partial charge in [-0.25, -0.2) is 4.98 Å². The maximum Gasteiger partial charge on any atom is 0.260 e. The van der Waals surface area contributed by atoms with Crippen molar-refractivity contribution < 1.29 is 19.1 Å². The Labute approximate surface area is 120 Å². The van der Waals surface area contributed by atoms with Gasteiger partial charge in [-0.2, -0.15) is 4.98 Å². The molecular weight excluding hydrogens is 274 g/mol. The number of rotatable bonds is 2. The summed E-state index contributed by atoms with van der Waals surface area (Å²) in [4.78, 5) is 32.9. The first-order chi connectivity index (χ1) is 10.2. The van der Waals surface area contributed by atoms with Gasteiger partial charge < -0.3 is 9.47 Å². The summed E-state index contributed by atoms with van der Waals surface area (Å²) in [5.74, 6) is 0.482. The molecule has 0 fully saturated rings. The summed E-state index contributed by atoms with van der Waals surface area (Å²) in [7, 11) is 0. The molecule has 2 amide bonds. The van der Waals surface area contributed by atoms with Gasteiger partial charge in [0, 0.05) is 12.6 Å². The molecule has 0 aromatic carbocycles. The molecule has 0 unspecified atom stereocenters. The van der Waals surface area contributed by atoms with Crippen molar-refractivity contribution in [3.05, 3.63) is 30.2 Å².